The first kappa shape index (κ1) is 11.9. The molecule has 2 N–H and O–H groups in total. The van der Waals surface area contributed by atoms with Crippen LogP contribution in [0.4, 0.5) is 0 Å². The Labute approximate surface area is 91.4 Å². The van der Waals surface area contributed by atoms with Crippen molar-refractivity contribution >= 4 is 18.5 Å². The van der Waals surface area contributed by atoms with Crippen LogP contribution in [0.15, 0.2) is 0 Å². The zero-order chi connectivity index (χ0) is 10.8. The summed E-state index contributed by atoms with van der Waals surface area (Å²) < 4.78 is 0. The van der Waals surface area contributed by atoms with E-state index in [0.717, 1.165) is 25.0 Å². The molecule has 0 radical (unpaired) electrons. The van der Waals surface area contributed by atoms with Crippen LogP contribution in [0, 0.1) is 0 Å². The van der Waals surface area contributed by atoms with Gasteiger partial charge in [0.2, 0.25) is 5.91 Å². The van der Waals surface area contributed by atoms with Gasteiger partial charge in [0, 0.05) is 0 Å². The van der Waals surface area contributed by atoms with Crippen molar-refractivity contribution in [2.45, 2.75) is 51.2 Å². The third-order valence-corrected chi connectivity index (χ3v) is 2.85. The molecule has 0 bridgehead atoms. The van der Waals surface area contributed by atoms with Gasteiger partial charge in [-0.3, -0.25) is 10.1 Å². The highest BCUT2D eigenvalue weighted by Crippen LogP contribution is 2.27. The van der Waals surface area contributed by atoms with Crippen molar-refractivity contribution in [3.63, 3.8) is 0 Å². The Hall–Kier alpha value is -0.220. The van der Waals surface area contributed by atoms with Gasteiger partial charge >= 0.3 is 0 Å². The minimum atomic E-state index is -0.389. The predicted molar refractivity (Wildman–Crippen MR) is 61.5 cm³/mol. The second-order valence-corrected chi connectivity index (χ2v) is 4.96. The molecule has 1 atom stereocenters. The summed E-state index contributed by atoms with van der Waals surface area (Å²) in [6, 6.07) is 0. The zero-order valence-corrected chi connectivity index (χ0v) is 10.1. The Morgan fingerprint density at radius 1 is 1.36 bits per heavy atom. The summed E-state index contributed by atoms with van der Waals surface area (Å²) in [6.45, 7) is 6.07. The Balaban J connectivity index is 2.82. The molecule has 0 aromatic carbocycles. The van der Waals surface area contributed by atoms with Gasteiger partial charge in [0.25, 0.3) is 0 Å². The van der Waals surface area contributed by atoms with E-state index in [1.54, 1.807) is 0 Å². The fourth-order valence-corrected chi connectivity index (χ4v) is 2.57. The monoisotopic (exact) mass is 216 g/mol. The molecule has 0 aliphatic carbocycles. The molecule has 1 heterocycles. The van der Waals surface area contributed by atoms with Gasteiger partial charge in [0.05, 0.1) is 5.66 Å². The molecule has 14 heavy (non-hydrogen) atoms. The maximum atomic E-state index is 11.9. The van der Waals surface area contributed by atoms with Crippen LogP contribution in [0.25, 0.3) is 0 Å². The average molecular weight is 216 g/mol. The van der Waals surface area contributed by atoms with E-state index in [1.165, 1.54) is 0 Å². The van der Waals surface area contributed by atoms with Gasteiger partial charge in [0.15, 0.2) is 0 Å². The molecule has 1 fully saturated rings. The van der Waals surface area contributed by atoms with Gasteiger partial charge < -0.3 is 5.32 Å². The van der Waals surface area contributed by atoms with E-state index in [0.29, 0.717) is 0 Å². The van der Waals surface area contributed by atoms with Crippen molar-refractivity contribution < 1.29 is 4.79 Å². The number of hydrogen-bond acceptors (Lipinski definition) is 3. The molecule has 0 saturated carbocycles. The normalized spacial score (nSPS) is 30.4. The average Bonchev–Trinajstić information content (AvgIpc) is 2.23. The van der Waals surface area contributed by atoms with Gasteiger partial charge in [-0.2, -0.15) is 12.6 Å². The Bertz CT molecular complexity index is 222. The standard InChI is InChI=1S/C10H20N2OS/c1-4-5-10(6-7-14)8(13)11-9(2,3)12-10/h12,14H,4-7H2,1-3H3,(H,11,13). The molecule has 4 heteroatoms. The summed E-state index contributed by atoms with van der Waals surface area (Å²) in [5.41, 5.74) is -0.671. The summed E-state index contributed by atoms with van der Waals surface area (Å²) in [6.07, 6.45) is 2.67. The lowest BCUT2D eigenvalue weighted by Crippen LogP contribution is -2.50. The number of thiol groups is 1. The van der Waals surface area contributed by atoms with Gasteiger partial charge in [-0.25, -0.2) is 0 Å². The first-order valence-electron chi connectivity index (χ1n) is 5.18. The van der Waals surface area contributed by atoms with Crippen LogP contribution in [0.3, 0.4) is 0 Å². The fraction of sp³-hybridized carbons (Fsp3) is 0.900. The Morgan fingerprint density at radius 3 is 2.36 bits per heavy atom. The third kappa shape index (κ3) is 2.23. The van der Waals surface area contributed by atoms with Gasteiger partial charge in [-0.05, 0) is 32.4 Å². The molecule has 0 aromatic heterocycles. The van der Waals surface area contributed by atoms with E-state index in [2.05, 4.69) is 30.2 Å². The molecule has 1 unspecified atom stereocenters. The topological polar surface area (TPSA) is 41.1 Å². The first-order valence-corrected chi connectivity index (χ1v) is 5.82. The molecule has 3 nitrogen and oxygen atoms in total. The first-order chi connectivity index (χ1) is 6.46. The third-order valence-electron chi connectivity index (χ3n) is 2.63. The molecule has 1 rings (SSSR count). The molecule has 1 amide bonds. The van der Waals surface area contributed by atoms with Gasteiger partial charge in [-0.1, -0.05) is 13.3 Å². The van der Waals surface area contributed by atoms with Gasteiger partial charge in [-0.15, -0.1) is 0 Å². The molecule has 1 aliphatic rings. The van der Waals surface area contributed by atoms with E-state index in [9.17, 15) is 4.79 Å². The number of amides is 1. The van der Waals surface area contributed by atoms with E-state index in [4.69, 9.17) is 0 Å². The molecule has 82 valence electrons. The number of carbonyl (C=O) groups excluding carboxylic acids is 1. The van der Waals surface area contributed by atoms with Crippen molar-refractivity contribution in [1.82, 2.24) is 10.6 Å². The zero-order valence-electron chi connectivity index (χ0n) is 9.18. The number of carbonyl (C=O) groups is 1. The number of nitrogens with one attached hydrogen (secondary N) is 2. The minimum absolute atomic E-state index is 0.124. The Morgan fingerprint density at radius 2 is 2.00 bits per heavy atom. The van der Waals surface area contributed by atoms with Crippen LogP contribution in [0.2, 0.25) is 0 Å². The Kier molecular flexibility index (Phi) is 3.48. The molecule has 0 aromatic rings. The summed E-state index contributed by atoms with van der Waals surface area (Å²) in [5, 5.41) is 6.36. The van der Waals surface area contributed by atoms with Crippen molar-refractivity contribution in [3.05, 3.63) is 0 Å². The lowest BCUT2D eigenvalue weighted by Gasteiger charge is -2.28. The molecular weight excluding hydrogens is 196 g/mol. The maximum absolute atomic E-state index is 11.9. The lowest BCUT2D eigenvalue weighted by atomic mass is 9.90. The van der Waals surface area contributed by atoms with E-state index in [1.807, 2.05) is 13.8 Å². The highest BCUT2D eigenvalue weighted by Gasteiger charge is 2.48. The van der Waals surface area contributed by atoms with Crippen LogP contribution < -0.4 is 10.6 Å². The molecule has 0 spiro atoms. The summed E-state index contributed by atoms with van der Waals surface area (Å²) in [4.78, 5) is 11.9. The van der Waals surface area contributed by atoms with Crippen molar-refractivity contribution in [2.24, 2.45) is 0 Å². The second kappa shape index (κ2) is 4.11. The number of hydrogen-bond donors (Lipinski definition) is 3. The van der Waals surface area contributed by atoms with Crippen LogP contribution in [-0.2, 0) is 4.79 Å². The summed E-state index contributed by atoms with van der Waals surface area (Å²) in [5.74, 6) is 0.856. The predicted octanol–water partition coefficient (Wildman–Crippen LogP) is 1.30. The number of rotatable bonds is 4. The summed E-state index contributed by atoms with van der Waals surface area (Å²) in [7, 11) is 0. The molecule has 1 saturated heterocycles. The minimum Gasteiger partial charge on any atom is -0.337 e. The second-order valence-electron chi connectivity index (χ2n) is 4.51. The van der Waals surface area contributed by atoms with Crippen LogP contribution in [-0.4, -0.2) is 22.9 Å². The summed E-state index contributed by atoms with van der Waals surface area (Å²) >= 11 is 4.22. The SMILES string of the molecule is CCCC1(CCS)NC(C)(C)NC1=O. The molecule has 1 aliphatic heterocycles. The largest absolute Gasteiger partial charge is 0.337 e. The maximum Gasteiger partial charge on any atom is 0.241 e. The smallest absolute Gasteiger partial charge is 0.241 e. The quantitative estimate of drug-likeness (QED) is 0.620. The van der Waals surface area contributed by atoms with E-state index >= 15 is 0 Å². The lowest BCUT2D eigenvalue weighted by molar-refractivity contribution is -0.124. The van der Waals surface area contributed by atoms with Crippen molar-refractivity contribution in [1.29, 1.82) is 0 Å². The van der Waals surface area contributed by atoms with E-state index < -0.39 is 0 Å². The van der Waals surface area contributed by atoms with Gasteiger partial charge in [0.1, 0.15) is 5.54 Å². The van der Waals surface area contributed by atoms with Crippen molar-refractivity contribution in [3.8, 4) is 0 Å². The molecular formula is C10H20N2OS. The van der Waals surface area contributed by atoms with Crippen LogP contribution in [0.5, 0.6) is 0 Å². The van der Waals surface area contributed by atoms with Crippen LogP contribution in [0.1, 0.15) is 40.0 Å². The highest BCUT2D eigenvalue weighted by atomic mass is 32.1. The highest BCUT2D eigenvalue weighted by molar-refractivity contribution is 7.80. The van der Waals surface area contributed by atoms with Crippen LogP contribution >= 0.6 is 12.6 Å². The van der Waals surface area contributed by atoms with Crippen molar-refractivity contribution in [2.75, 3.05) is 5.75 Å². The fourth-order valence-electron chi connectivity index (χ4n) is 2.18. The van der Waals surface area contributed by atoms with E-state index in [-0.39, 0.29) is 17.1 Å².